The third kappa shape index (κ3) is 7.47. The molecule has 3 N–H and O–H groups in total. The highest BCUT2D eigenvalue weighted by molar-refractivity contribution is 14.1. The van der Waals surface area contributed by atoms with Crippen LogP contribution >= 0.6 is 67.8 Å². The lowest BCUT2D eigenvalue weighted by atomic mass is 10.0. The number of halogens is 3. The summed E-state index contributed by atoms with van der Waals surface area (Å²) in [5.74, 6) is -0.161. The molecule has 0 fully saturated rings. The van der Waals surface area contributed by atoms with Gasteiger partial charge in [0.15, 0.2) is 0 Å². The smallest absolute Gasteiger partial charge is 0.408 e. The van der Waals surface area contributed by atoms with Crippen LogP contribution in [0, 0.1) is 10.7 Å². The lowest BCUT2D eigenvalue weighted by Crippen LogP contribution is -2.45. The van der Waals surface area contributed by atoms with Crippen molar-refractivity contribution in [2.75, 3.05) is 5.32 Å². The molecule has 6 nitrogen and oxygen atoms in total. The molecule has 0 saturated carbocycles. The van der Waals surface area contributed by atoms with Crippen LogP contribution in [-0.2, 0) is 22.6 Å². The zero-order valence-electron chi connectivity index (χ0n) is 16.6. The number of nitrogens with one attached hydrogen (secondary N) is 2. The molecular formula is C23H19I3N2O4. The summed E-state index contributed by atoms with van der Waals surface area (Å²) >= 11 is 6.27. The number of benzene rings is 3. The van der Waals surface area contributed by atoms with E-state index < -0.39 is 12.1 Å². The molecule has 9 heteroatoms. The maximum absolute atomic E-state index is 13.0. The Kier molecular flexibility index (Phi) is 9.40. The summed E-state index contributed by atoms with van der Waals surface area (Å²) in [5, 5.41) is 15.6. The van der Waals surface area contributed by atoms with Crippen LogP contribution < -0.4 is 10.6 Å². The first kappa shape index (κ1) is 25.0. The molecule has 2 amide bonds. The Morgan fingerprint density at radius 1 is 0.906 bits per heavy atom. The highest BCUT2D eigenvalue weighted by Gasteiger charge is 2.23. The van der Waals surface area contributed by atoms with Gasteiger partial charge in [0.05, 0.1) is 7.14 Å². The van der Waals surface area contributed by atoms with Crippen LogP contribution in [0.2, 0.25) is 0 Å². The highest BCUT2D eigenvalue weighted by Crippen LogP contribution is 2.28. The van der Waals surface area contributed by atoms with Crippen molar-refractivity contribution >= 4 is 85.5 Å². The third-order valence-corrected chi connectivity index (χ3v) is 6.81. The first-order valence-electron chi connectivity index (χ1n) is 9.52. The van der Waals surface area contributed by atoms with Gasteiger partial charge in [0.2, 0.25) is 5.91 Å². The van der Waals surface area contributed by atoms with Gasteiger partial charge in [-0.2, -0.15) is 0 Å². The molecule has 0 heterocycles. The maximum atomic E-state index is 13.0. The molecule has 0 bridgehead atoms. The van der Waals surface area contributed by atoms with Gasteiger partial charge in [-0.3, -0.25) is 4.79 Å². The van der Waals surface area contributed by atoms with E-state index >= 15 is 0 Å². The molecule has 0 radical (unpaired) electrons. The molecule has 0 unspecified atom stereocenters. The van der Waals surface area contributed by atoms with Gasteiger partial charge in [-0.25, -0.2) is 4.79 Å². The Morgan fingerprint density at radius 2 is 1.53 bits per heavy atom. The van der Waals surface area contributed by atoms with Crippen molar-refractivity contribution in [3.8, 4) is 5.75 Å². The van der Waals surface area contributed by atoms with E-state index in [1.165, 1.54) is 0 Å². The summed E-state index contributed by atoms with van der Waals surface area (Å²) in [4.78, 5) is 25.5. The first-order valence-corrected chi connectivity index (χ1v) is 12.8. The number of amides is 2. The van der Waals surface area contributed by atoms with Crippen LogP contribution in [-0.4, -0.2) is 23.1 Å². The van der Waals surface area contributed by atoms with Crippen LogP contribution in [0.15, 0.2) is 66.7 Å². The second kappa shape index (κ2) is 12.0. The van der Waals surface area contributed by atoms with Gasteiger partial charge in [-0.05, 0) is 115 Å². The molecule has 0 saturated heterocycles. The Balaban J connectivity index is 1.74. The van der Waals surface area contributed by atoms with Crippen LogP contribution in [0.3, 0.4) is 0 Å². The predicted octanol–water partition coefficient (Wildman–Crippen LogP) is 5.68. The van der Waals surface area contributed by atoms with E-state index in [1.54, 1.807) is 24.3 Å². The molecule has 0 aliphatic rings. The fourth-order valence-corrected chi connectivity index (χ4v) is 5.11. The first-order chi connectivity index (χ1) is 15.3. The summed E-state index contributed by atoms with van der Waals surface area (Å²) in [5.41, 5.74) is 2.29. The quantitative estimate of drug-likeness (QED) is 0.270. The number of hydrogen-bond acceptors (Lipinski definition) is 4. The molecule has 3 aromatic carbocycles. The topological polar surface area (TPSA) is 87.7 Å². The van der Waals surface area contributed by atoms with Crippen LogP contribution in [0.25, 0.3) is 0 Å². The van der Waals surface area contributed by atoms with Gasteiger partial charge in [-0.1, -0.05) is 30.3 Å². The second-order valence-electron chi connectivity index (χ2n) is 6.87. The van der Waals surface area contributed by atoms with Gasteiger partial charge in [0.25, 0.3) is 0 Å². The summed E-state index contributed by atoms with van der Waals surface area (Å²) in [6, 6.07) is 19.4. The van der Waals surface area contributed by atoms with E-state index in [4.69, 9.17) is 4.74 Å². The van der Waals surface area contributed by atoms with E-state index in [0.717, 1.165) is 14.7 Å². The van der Waals surface area contributed by atoms with Crippen molar-refractivity contribution in [1.29, 1.82) is 0 Å². The van der Waals surface area contributed by atoms with Crippen molar-refractivity contribution in [3.05, 3.63) is 88.6 Å². The highest BCUT2D eigenvalue weighted by atomic mass is 127. The number of carbonyl (C=O) groups is 2. The number of alkyl carbamates (subject to hydrolysis) is 1. The average Bonchev–Trinajstić information content (AvgIpc) is 2.78. The summed E-state index contributed by atoms with van der Waals surface area (Å²) < 4.78 is 7.70. The minimum Gasteiger partial charge on any atom is -0.506 e. The zero-order valence-corrected chi connectivity index (χ0v) is 23.1. The Labute approximate surface area is 226 Å². The largest absolute Gasteiger partial charge is 0.506 e. The fraction of sp³-hybridized carbons (Fsp3) is 0.130. The molecular weight excluding hydrogens is 749 g/mol. The summed E-state index contributed by atoms with van der Waals surface area (Å²) in [6.45, 7) is 0.104. The number of carbonyl (C=O) groups excluding carboxylic acids is 2. The number of phenolic OH excluding ortho intramolecular Hbond substituents is 1. The van der Waals surface area contributed by atoms with Crippen molar-refractivity contribution in [2.45, 2.75) is 19.1 Å². The number of hydrogen-bond donors (Lipinski definition) is 3. The lowest BCUT2D eigenvalue weighted by molar-refractivity contribution is -0.118. The number of aromatic hydroxyl groups is 1. The molecule has 1 atom stereocenters. The molecule has 3 rings (SSSR count). The van der Waals surface area contributed by atoms with E-state index in [2.05, 4.69) is 33.2 Å². The number of anilines is 1. The van der Waals surface area contributed by atoms with Crippen molar-refractivity contribution in [1.82, 2.24) is 5.32 Å². The molecule has 3 aromatic rings. The molecule has 0 spiro atoms. The van der Waals surface area contributed by atoms with Crippen molar-refractivity contribution in [3.63, 3.8) is 0 Å². The van der Waals surface area contributed by atoms with Gasteiger partial charge < -0.3 is 20.5 Å². The summed E-state index contributed by atoms with van der Waals surface area (Å²) in [7, 11) is 0. The van der Waals surface area contributed by atoms with Gasteiger partial charge in [0.1, 0.15) is 18.4 Å². The number of phenols is 1. The molecule has 32 heavy (non-hydrogen) atoms. The number of ether oxygens (including phenoxy) is 1. The normalized spacial score (nSPS) is 11.5. The van der Waals surface area contributed by atoms with Crippen LogP contribution in [0.1, 0.15) is 11.1 Å². The Morgan fingerprint density at radius 3 is 2.16 bits per heavy atom. The van der Waals surface area contributed by atoms with Crippen molar-refractivity contribution in [2.24, 2.45) is 0 Å². The van der Waals surface area contributed by atoms with Gasteiger partial charge in [-0.15, -0.1) is 0 Å². The fourth-order valence-electron chi connectivity index (χ4n) is 2.85. The Bertz CT molecular complexity index is 1070. The van der Waals surface area contributed by atoms with E-state index in [1.807, 2.05) is 87.6 Å². The van der Waals surface area contributed by atoms with Gasteiger partial charge >= 0.3 is 6.09 Å². The van der Waals surface area contributed by atoms with Crippen LogP contribution in [0.5, 0.6) is 5.75 Å². The summed E-state index contributed by atoms with van der Waals surface area (Å²) in [6.07, 6.45) is -0.442. The third-order valence-electron chi connectivity index (χ3n) is 4.45. The zero-order chi connectivity index (χ0) is 23.1. The second-order valence-corrected chi connectivity index (χ2v) is 10.4. The SMILES string of the molecule is O=C(N[C@H](Cc1cc(I)c(O)c(I)c1)C(=O)Nc1ccc(I)cc1)OCc1ccccc1. The van der Waals surface area contributed by atoms with E-state index in [0.29, 0.717) is 12.8 Å². The Hall–Kier alpha value is -1.61. The number of rotatable bonds is 7. The minimum absolute atomic E-state index is 0.104. The average molecular weight is 768 g/mol. The van der Waals surface area contributed by atoms with Crippen LogP contribution in [0.4, 0.5) is 10.5 Å². The van der Waals surface area contributed by atoms with Crippen molar-refractivity contribution < 1.29 is 19.4 Å². The van der Waals surface area contributed by atoms with E-state index in [9.17, 15) is 14.7 Å². The standard InChI is InChI=1S/C23H19I3N2O4/c24-16-6-8-17(9-7-16)27-22(30)20(12-15-10-18(25)21(29)19(26)11-15)28-23(31)32-13-14-4-2-1-3-5-14/h1-11,20,29H,12-13H2,(H,27,30)(H,28,31)/t20-/m1/s1. The van der Waals surface area contributed by atoms with Gasteiger partial charge in [0, 0.05) is 15.7 Å². The molecule has 0 aliphatic heterocycles. The predicted molar refractivity (Wildman–Crippen MR) is 149 cm³/mol. The minimum atomic E-state index is -0.867. The monoisotopic (exact) mass is 768 g/mol. The molecule has 0 aromatic heterocycles. The maximum Gasteiger partial charge on any atom is 0.408 e. The molecule has 166 valence electrons. The van der Waals surface area contributed by atoms with E-state index in [-0.39, 0.29) is 24.7 Å². The molecule has 0 aliphatic carbocycles. The lowest BCUT2D eigenvalue weighted by Gasteiger charge is -2.19.